The lowest BCUT2D eigenvalue weighted by Crippen LogP contribution is -2.24. The van der Waals surface area contributed by atoms with E-state index in [4.69, 9.17) is 9.52 Å². The fourth-order valence-electron chi connectivity index (χ4n) is 1.70. The van der Waals surface area contributed by atoms with Crippen molar-refractivity contribution in [3.8, 4) is 0 Å². The van der Waals surface area contributed by atoms with Crippen LogP contribution in [0.2, 0.25) is 0 Å². The molecule has 2 rings (SSSR count). The molecule has 0 aliphatic carbocycles. The summed E-state index contributed by atoms with van der Waals surface area (Å²) in [7, 11) is 1.74. The molecule has 0 saturated carbocycles. The molecule has 0 atom stereocenters. The zero-order valence-electron chi connectivity index (χ0n) is 9.31. The van der Waals surface area contributed by atoms with Gasteiger partial charge in [-0.3, -0.25) is 9.69 Å². The number of hydrogen-bond donors (Lipinski definition) is 1. The van der Waals surface area contributed by atoms with Gasteiger partial charge in [0.2, 0.25) is 0 Å². The summed E-state index contributed by atoms with van der Waals surface area (Å²) in [6, 6.07) is 7.70. The number of nitrogens with zero attached hydrogens (tertiary/aromatic N) is 1. The van der Waals surface area contributed by atoms with Gasteiger partial charge < -0.3 is 9.52 Å². The van der Waals surface area contributed by atoms with Crippen molar-refractivity contribution in [3.63, 3.8) is 0 Å². The van der Waals surface area contributed by atoms with Gasteiger partial charge in [0.1, 0.15) is 11.3 Å². The van der Waals surface area contributed by atoms with Gasteiger partial charge in [-0.25, -0.2) is 0 Å². The van der Waals surface area contributed by atoms with Gasteiger partial charge in [0.15, 0.2) is 0 Å². The number of fused-ring (bicyclic) bond motifs is 1. The Morgan fingerprint density at radius 3 is 2.82 bits per heavy atom. The molecule has 0 saturated heterocycles. The van der Waals surface area contributed by atoms with Gasteiger partial charge in [-0.05, 0) is 35.1 Å². The maximum atomic E-state index is 10.6. The summed E-state index contributed by atoms with van der Waals surface area (Å²) in [6.07, 6.45) is 0. The van der Waals surface area contributed by atoms with E-state index >= 15 is 0 Å². The second kappa shape index (κ2) is 4.89. The molecule has 0 spiro atoms. The molecule has 1 heterocycles. The van der Waals surface area contributed by atoms with Crippen LogP contribution in [-0.2, 0) is 11.3 Å². The van der Waals surface area contributed by atoms with E-state index in [1.807, 2.05) is 24.3 Å². The zero-order valence-corrected chi connectivity index (χ0v) is 10.9. The predicted octanol–water partition coefficient (Wildman–Crippen LogP) is 2.71. The number of hydrogen-bond acceptors (Lipinski definition) is 3. The molecule has 1 aromatic heterocycles. The number of likely N-dealkylation sites (N-methyl/N-ethyl adjacent to an activating group) is 1. The third-order valence-electron chi connectivity index (χ3n) is 2.42. The van der Waals surface area contributed by atoms with E-state index in [1.165, 1.54) is 0 Å². The largest absolute Gasteiger partial charge is 0.480 e. The summed E-state index contributed by atoms with van der Waals surface area (Å²) in [6.45, 7) is 0.449. The van der Waals surface area contributed by atoms with E-state index in [2.05, 4.69) is 15.9 Å². The summed E-state index contributed by atoms with van der Waals surface area (Å²) >= 11 is 3.48. The average Bonchev–Trinajstić information content (AvgIpc) is 2.55. The Morgan fingerprint density at radius 1 is 1.47 bits per heavy atom. The van der Waals surface area contributed by atoms with E-state index < -0.39 is 5.97 Å². The van der Waals surface area contributed by atoms with Crippen LogP contribution in [0.5, 0.6) is 0 Å². The fourth-order valence-corrected chi connectivity index (χ4v) is 2.23. The maximum absolute atomic E-state index is 10.6. The molecule has 0 radical (unpaired) electrons. The number of carboxylic acid groups (broad SMARTS) is 1. The van der Waals surface area contributed by atoms with Gasteiger partial charge in [0.25, 0.3) is 0 Å². The molecule has 0 amide bonds. The Bertz CT molecular complexity index is 550. The molecule has 0 fully saturated rings. The van der Waals surface area contributed by atoms with Crippen LogP contribution in [0.3, 0.4) is 0 Å². The van der Waals surface area contributed by atoms with Crippen molar-refractivity contribution < 1.29 is 14.3 Å². The van der Waals surface area contributed by atoms with Crippen LogP contribution in [0.25, 0.3) is 11.0 Å². The number of furan rings is 1. The van der Waals surface area contributed by atoms with Crippen LogP contribution < -0.4 is 0 Å². The first kappa shape index (κ1) is 12.1. The van der Waals surface area contributed by atoms with Gasteiger partial charge >= 0.3 is 5.97 Å². The van der Waals surface area contributed by atoms with Gasteiger partial charge in [0, 0.05) is 5.39 Å². The van der Waals surface area contributed by atoms with E-state index in [9.17, 15) is 4.79 Å². The molecular weight excluding hydrogens is 286 g/mol. The van der Waals surface area contributed by atoms with E-state index in [0.717, 1.165) is 21.2 Å². The molecule has 1 N–H and O–H groups in total. The highest BCUT2D eigenvalue weighted by molar-refractivity contribution is 9.10. The van der Waals surface area contributed by atoms with Gasteiger partial charge in [-0.2, -0.15) is 0 Å². The van der Waals surface area contributed by atoms with Crippen LogP contribution in [0.1, 0.15) is 5.76 Å². The van der Waals surface area contributed by atoms with Crippen LogP contribution in [-0.4, -0.2) is 29.6 Å². The molecule has 17 heavy (non-hydrogen) atoms. The van der Waals surface area contributed by atoms with Gasteiger partial charge in [-0.1, -0.05) is 12.1 Å². The number of carboxylic acids is 1. The Kier molecular flexibility index (Phi) is 3.49. The number of benzene rings is 1. The van der Waals surface area contributed by atoms with Crippen molar-refractivity contribution >= 4 is 32.9 Å². The van der Waals surface area contributed by atoms with E-state index in [-0.39, 0.29) is 6.54 Å². The Hall–Kier alpha value is -1.33. The molecule has 0 aliphatic heterocycles. The Labute approximate surface area is 107 Å². The van der Waals surface area contributed by atoms with Crippen molar-refractivity contribution in [1.29, 1.82) is 0 Å². The van der Waals surface area contributed by atoms with Crippen LogP contribution in [0, 0.1) is 0 Å². The highest BCUT2D eigenvalue weighted by atomic mass is 79.9. The number of carbonyl (C=O) groups is 1. The first-order valence-corrected chi connectivity index (χ1v) is 5.93. The molecule has 5 heteroatoms. The number of aliphatic carboxylic acids is 1. The maximum Gasteiger partial charge on any atom is 0.317 e. The third kappa shape index (κ3) is 2.68. The Balaban J connectivity index is 2.24. The smallest absolute Gasteiger partial charge is 0.317 e. The van der Waals surface area contributed by atoms with Crippen LogP contribution in [0.15, 0.2) is 33.2 Å². The van der Waals surface area contributed by atoms with E-state index in [0.29, 0.717) is 6.54 Å². The monoisotopic (exact) mass is 297 g/mol. The highest BCUT2D eigenvalue weighted by Crippen LogP contribution is 2.31. The topological polar surface area (TPSA) is 53.7 Å². The lowest BCUT2D eigenvalue weighted by molar-refractivity contribution is -0.138. The SMILES string of the molecule is CN(CC(=O)O)Cc1oc2ccccc2c1Br. The molecule has 0 aliphatic rings. The molecule has 4 nitrogen and oxygen atoms in total. The van der Waals surface area contributed by atoms with Crippen molar-refractivity contribution in [2.75, 3.05) is 13.6 Å². The summed E-state index contributed by atoms with van der Waals surface area (Å²) in [4.78, 5) is 12.3. The molecule has 2 aromatic rings. The van der Waals surface area contributed by atoms with E-state index in [1.54, 1.807) is 11.9 Å². The summed E-state index contributed by atoms with van der Waals surface area (Å²) in [5, 5.41) is 9.69. The van der Waals surface area contributed by atoms with Crippen molar-refractivity contribution in [3.05, 3.63) is 34.5 Å². The minimum atomic E-state index is -0.847. The number of para-hydroxylation sites is 1. The lowest BCUT2D eigenvalue weighted by Gasteiger charge is -2.11. The first-order valence-electron chi connectivity index (χ1n) is 5.14. The molecule has 1 aromatic carbocycles. The van der Waals surface area contributed by atoms with Crippen molar-refractivity contribution in [2.24, 2.45) is 0 Å². The van der Waals surface area contributed by atoms with Crippen molar-refractivity contribution in [2.45, 2.75) is 6.54 Å². The number of rotatable bonds is 4. The first-order chi connectivity index (χ1) is 8.08. The summed E-state index contributed by atoms with van der Waals surface area (Å²) in [5.41, 5.74) is 0.804. The van der Waals surface area contributed by atoms with Gasteiger partial charge in [0.05, 0.1) is 17.6 Å². The lowest BCUT2D eigenvalue weighted by atomic mass is 10.2. The highest BCUT2D eigenvalue weighted by Gasteiger charge is 2.14. The fraction of sp³-hybridized carbons (Fsp3) is 0.250. The molecule has 90 valence electrons. The van der Waals surface area contributed by atoms with Gasteiger partial charge in [-0.15, -0.1) is 0 Å². The quantitative estimate of drug-likeness (QED) is 0.943. The zero-order chi connectivity index (χ0) is 12.4. The predicted molar refractivity (Wildman–Crippen MR) is 67.9 cm³/mol. The normalized spacial score (nSPS) is 11.2. The molecular formula is C12H12BrNO3. The third-order valence-corrected chi connectivity index (χ3v) is 3.29. The second-order valence-corrected chi connectivity index (χ2v) is 4.69. The second-order valence-electron chi connectivity index (χ2n) is 3.90. The van der Waals surface area contributed by atoms with Crippen molar-refractivity contribution in [1.82, 2.24) is 4.90 Å². The standard InChI is InChI=1S/C12H12BrNO3/c1-14(7-11(15)16)6-10-12(13)8-4-2-3-5-9(8)17-10/h2-5H,6-7H2,1H3,(H,15,16). The van der Waals surface area contributed by atoms with Crippen LogP contribution in [0.4, 0.5) is 0 Å². The molecule has 0 unspecified atom stereocenters. The summed E-state index contributed by atoms with van der Waals surface area (Å²) in [5.74, 6) is -0.102. The number of halogens is 1. The average molecular weight is 298 g/mol. The summed E-state index contributed by atoms with van der Waals surface area (Å²) < 4.78 is 6.56. The minimum Gasteiger partial charge on any atom is -0.480 e. The molecule has 0 bridgehead atoms. The Morgan fingerprint density at radius 2 is 2.18 bits per heavy atom. The minimum absolute atomic E-state index is 0.0104. The van der Waals surface area contributed by atoms with Crippen LogP contribution >= 0.6 is 15.9 Å².